The van der Waals surface area contributed by atoms with E-state index in [1.807, 2.05) is 12.3 Å². The number of thiophene rings is 1. The Labute approximate surface area is 111 Å². The number of alkyl halides is 1. The molecular weight excluding hydrogens is 278 g/mol. The van der Waals surface area contributed by atoms with Crippen molar-refractivity contribution < 1.29 is 8.42 Å². The molecule has 0 spiro atoms. The van der Waals surface area contributed by atoms with Gasteiger partial charge in [-0.15, -0.1) is 22.9 Å². The molecule has 0 unspecified atom stereocenters. The molecule has 3 nitrogen and oxygen atoms in total. The molecule has 2 rings (SSSR count). The Kier molecular flexibility index (Phi) is 4.13. The van der Waals surface area contributed by atoms with E-state index in [2.05, 4.69) is 0 Å². The van der Waals surface area contributed by atoms with Crippen LogP contribution in [0.5, 0.6) is 0 Å². The highest BCUT2D eigenvalue weighted by molar-refractivity contribution is 7.91. The predicted molar refractivity (Wildman–Crippen MR) is 71.0 cm³/mol. The van der Waals surface area contributed by atoms with Crippen LogP contribution in [0.4, 0.5) is 0 Å². The maximum absolute atomic E-state index is 12.3. The largest absolute Gasteiger partial charge is 0.252 e. The van der Waals surface area contributed by atoms with Crippen LogP contribution in [-0.4, -0.2) is 25.8 Å². The molecule has 0 amide bonds. The van der Waals surface area contributed by atoms with Crippen LogP contribution >= 0.6 is 22.9 Å². The van der Waals surface area contributed by atoms with Gasteiger partial charge in [0.25, 0.3) is 10.0 Å². The Morgan fingerprint density at radius 2 is 2.24 bits per heavy atom. The quantitative estimate of drug-likeness (QED) is 0.756. The van der Waals surface area contributed by atoms with Crippen LogP contribution in [0.15, 0.2) is 15.7 Å². The van der Waals surface area contributed by atoms with Crippen molar-refractivity contribution in [3.63, 3.8) is 0 Å². The third-order valence-electron chi connectivity index (χ3n) is 2.89. The van der Waals surface area contributed by atoms with Crippen molar-refractivity contribution in [2.45, 2.75) is 29.9 Å². The summed E-state index contributed by atoms with van der Waals surface area (Å²) in [6.45, 7) is 3.08. The second kappa shape index (κ2) is 5.26. The van der Waals surface area contributed by atoms with E-state index in [4.69, 9.17) is 11.6 Å². The second-order valence-corrected chi connectivity index (χ2v) is 7.65. The molecule has 1 aliphatic rings. The topological polar surface area (TPSA) is 37.4 Å². The van der Waals surface area contributed by atoms with Crippen molar-refractivity contribution >= 4 is 33.0 Å². The van der Waals surface area contributed by atoms with Crippen LogP contribution in [0.3, 0.4) is 0 Å². The molecule has 1 aromatic heterocycles. The average Bonchev–Trinajstić information content (AvgIpc) is 2.99. The van der Waals surface area contributed by atoms with Gasteiger partial charge >= 0.3 is 0 Å². The Hall–Kier alpha value is -0.100. The minimum atomic E-state index is -3.30. The minimum absolute atomic E-state index is 0.362. The van der Waals surface area contributed by atoms with Gasteiger partial charge in [0.05, 0.1) is 0 Å². The lowest BCUT2D eigenvalue weighted by Gasteiger charge is -2.19. The molecule has 17 heavy (non-hydrogen) atoms. The summed E-state index contributed by atoms with van der Waals surface area (Å²) in [6.07, 6.45) is 2.31. The van der Waals surface area contributed by atoms with E-state index in [0.29, 0.717) is 29.1 Å². The van der Waals surface area contributed by atoms with Crippen molar-refractivity contribution in [3.8, 4) is 0 Å². The Morgan fingerprint density at radius 1 is 1.53 bits per heavy atom. The van der Waals surface area contributed by atoms with Crippen LogP contribution in [-0.2, 0) is 15.9 Å². The van der Waals surface area contributed by atoms with Crippen molar-refractivity contribution in [2.75, 3.05) is 13.1 Å². The first-order chi connectivity index (χ1) is 8.07. The standard InChI is InChI=1S/C11H16ClNO2S2/c1-2-13(7-9-3-4-9)17(14,15)11-5-10(6-12)8-16-11/h5,8-9H,2-4,6-7H2,1H3. The van der Waals surface area contributed by atoms with Gasteiger partial charge in [-0.25, -0.2) is 8.42 Å². The summed E-state index contributed by atoms with van der Waals surface area (Å²) < 4.78 is 26.7. The van der Waals surface area contributed by atoms with E-state index in [-0.39, 0.29) is 0 Å². The zero-order valence-electron chi connectivity index (χ0n) is 9.73. The number of hydrogen-bond acceptors (Lipinski definition) is 3. The first kappa shape index (κ1) is 13.3. The normalized spacial score (nSPS) is 16.6. The van der Waals surface area contributed by atoms with Crippen molar-refractivity contribution in [1.29, 1.82) is 0 Å². The molecule has 96 valence electrons. The number of nitrogens with zero attached hydrogens (tertiary/aromatic N) is 1. The lowest BCUT2D eigenvalue weighted by atomic mass is 10.4. The number of sulfonamides is 1. The molecule has 0 aromatic carbocycles. The van der Waals surface area contributed by atoms with E-state index in [9.17, 15) is 8.42 Å². The van der Waals surface area contributed by atoms with Crippen LogP contribution in [0, 0.1) is 5.92 Å². The molecule has 0 aliphatic heterocycles. The Bertz CT molecular complexity index is 479. The van der Waals surface area contributed by atoms with Gasteiger partial charge in [-0.3, -0.25) is 0 Å². The van der Waals surface area contributed by atoms with Gasteiger partial charge in [0.1, 0.15) is 4.21 Å². The fraction of sp³-hybridized carbons (Fsp3) is 0.636. The highest BCUT2D eigenvalue weighted by Gasteiger charge is 2.31. The second-order valence-electron chi connectivity index (χ2n) is 4.31. The molecule has 1 aromatic rings. The maximum atomic E-state index is 12.3. The summed E-state index contributed by atoms with van der Waals surface area (Å²) in [5, 5.41) is 1.81. The summed E-state index contributed by atoms with van der Waals surface area (Å²) in [6, 6.07) is 1.68. The van der Waals surface area contributed by atoms with E-state index < -0.39 is 10.0 Å². The predicted octanol–water partition coefficient (Wildman–Crippen LogP) is 2.91. The van der Waals surface area contributed by atoms with E-state index in [1.165, 1.54) is 11.3 Å². The molecule has 0 N–H and O–H groups in total. The molecular formula is C11H16ClNO2S2. The number of hydrogen-bond donors (Lipinski definition) is 0. The Balaban J connectivity index is 2.19. The van der Waals surface area contributed by atoms with Crippen molar-refractivity contribution in [2.24, 2.45) is 5.92 Å². The zero-order chi connectivity index (χ0) is 12.5. The molecule has 1 fully saturated rings. The van der Waals surface area contributed by atoms with E-state index in [0.717, 1.165) is 18.4 Å². The first-order valence-electron chi connectivity index (χ1n) is 5.71. The lowest BCUT2D eigenvalue weighted by molar-refractivity contribution is 0.413. The van der Waals surface area contributed by atoms with Gasteiger partial charge in [-0.1, -0.05) is 6.92 Å². The molecule has 0 bridgehead atoms. The molecule has 6 heteroatoms. The summed E-state index contributed by atoms with van der Waals surface area (Å²) >= 11 is 6.95. The summed E-state index contributed by atoms with van der Waals surface area (Å²) in [5.74, 6) is 0.929. The summed E-state index contributed by atoms with van der Waals surface area (Å²) in [4.78, 5) is 0. The van der Waals surface area contributed by atoms with Crippen LogP contribution < -0.4 is 0 Å². The average molecular weight is 294 g/mol. The number of rotatable bonds is 6. The Morgan fingerprint density at radius 3 is 2.71 bits per heavy atom. The zero-order valence-corrected chi connectivity index (χ0v) is 12.1. The summed E-state index contributed by atoms with van der Waals surface area (Å²) in [5.41, 5.74) is 0.873. The summed E-state index contributed by atoms with van der Waals surface area (Å²) in [7, 11) is -3.30. The highest BCUT2D eigenvalue weighted by Crippen LogP contribution is 2.32. The van der Waals surface area contributed by atoms with Crippen molar-refractivity contribution in [3.05, 3.63) is 17.0 Å². The van der Waals surface area contributed by atoms with Gasteiger partial charge in [-0.2, -0.15) is 4.31 Å². The SMILES string of the molecule is CCN(CC1CC1)S(=O)(=O)c1cc(CCl)cs1. The molecule has 1 aliphatic carbocycles. The van der Waals surface area contributed by atoms with Crippen LogP contribution in [0.2, 0.25) is 0 Å². The van der Waals surface area contributed by atoms with Gasteiger partial charge in [0, 0.05) is 19.0 Å². The van der Waals surface area contributed by atoms with Crippen LogP contribution in [0.1, 0.15) is 25.3 Å². The lowest BCUT2D eigenvalue weighted by Crippen LogP contribution is -2.32. The molecule has 0 atom stereocenters. The van der Waals surface area contributed by atoms with E-state index >= 15 is 0 Å². The van der Waals surface area contributed by atoms with Gasteiger partial charge in [-0.05, 0) is 35.8 Å². The maximum Gasteiger partial charge on any atom is 0.252 e. The number of halogens is 1. The monoisotopic (exact) mass is 293 g/mol. The van der Waals surface area contributed by atoms with Gasteiger partial charge < -0.3 is 0 Å². The highest BCUT2D eigenvalue weighted by atomic mass is 35.5. The van der Waals surface area contributed by atoms with Gasteiger partial charge in [0.2, 0.25) is 0 Å². The van der Waals surface area contributed by atoms with E-state index in [1.54, 1.807) is 10.4 Å². The fourth-order valence-corrected chi connectivity index (χ4v) is 4.80. The first-order valence-corrected chi connectivity index (χ1v) is 8.57. The van der Waals surface area contributed by atoms with Gasteiger partial charge in [0.15, 0.2) is 0 Å². The molecule has 0 radical (unpaired) electrons. The third-order valence-corrected chi connectivity index (χ3v) is 6.60. The van der Waals surface area contributed by atoms with Crippen molar-refractivity contribution in [1.82, 2.24) is 4.31 Å². The molecule has 1 heterocycles. The van der Waals surface area contributed by atoms with Crippen LogP contribution in [0.25, 0.3) is 0 Å². The smallest absolute Gasteiger partial charge is 0.206 e. The minimum Gasteiger partial charge on any atom is -0.206 e. The molecule has 1 saturated carbocycles. The fourth-order valence-electron chi connectivity index (χ4n) is 1.67. The third kappa shape index (κ3) is 3.02. The molecule has 0 saturated heterocycles.